The molecule has 2 N–H and O–H groups in total. The number of amides is 2. The fourth-order valence-corrected chi connectivity index (χ4v) is 2.61. The molecule has 3 rings (SSSR count). The summed E-state index contributed by atoms with van der Waals surface area (Å²) in [5.74, 6) is 0. The van der Waals surface area contributed by atoms with Gasteiger partial charge in [0.15, 0.2) is 0 Å². The van der Waals surface area contributed by atoms with E-state index in [1.807, 2.05) is 54.6 Å². The minimum atomic E-state index is -0.229. The molecule has 0 saturated carbocycles. The quantitative estimate of drug-likeness (QED) is 0.708. The van der Waals surface area contributed by atoms with Crippen molar-refractivity contribution >= 4 is 17.4 Å². The lowest BCUT2D eigenvalue weighted by molar-refractivity contribution is 0.251. The molecule has 0 radical (unpaired) electrons. The molecule has 5 nitrogen and oxygen atoms in total. The number of hydrogen-bond acceptors (Lipinski definition) is 3. The lowest BCUT2D eigenvalue weighted by Crippen LogP contribution is -2.28. The Hall–Kier alpha value is -3.34. The number of aromatic nitrogens is 1. The van der Waals surface area contributed by atoms with Gasteiger partial charge in [-0.1, -0.05) is 30.3 Å². The van der Waals surface area contributed by atoms with E-state index in [9.17, 15) is 4.79 Å². The predicted octanol–water partition coefficient (Wildman–Crippen LogP) is 4.04. The van der Waals surface area contributed by atoms with Crippen molar-refractivity contribution in [3.63, 3.8) is 0 Å². The SMILES string of the molecule is CN(Cc1ccccc1)c1ccc(NC(=O)NCc2ccncc2)cc1. The summed E-state index contributed by atoms with van der Waals surface area (Å²) in [6, 6.07) is 21.7. The van der Waals surface area contributed by atoms with E-state index in [0.717, 1.165) is 23.5 Å². The molecule has 0 spiro atoms. The third-order valence-corrected chi connectivity index (χ3v) is 4.03. The highest BCUT2D eigenvalue weighted by molar-refractivity contribution is 5.89. The van der Waals surface area contributed by atoms with Crippen molar-refractivity contribution in [2.45, 2.75) is 13.1 Å². The Morgan fingerprint density at radius 2 is 1.62 bits per heavy atom. The summed E-state index contributed by atoms with van der Waals surface area (Å²) in [4.78, 5) is 18.1. The van der Waals surface area contributed by atoms with E-state index in [2.05, 4.69) is 39.7 Å². The normalized spacial score (nSPS) is 10.2. The van der Waals surface area contributed by atoms with Gasteiger partial charge in [-0.15, -0.1) is 0 Å². The van der Waals surface area contributed by atoms with Crippen molar-refractivity contribution in [1.82, 2.24) is 10.3 Å². The maximum atomic E-state index is 12.0. The lowest BCUT2D eigenvalue weighted by Gasteiger charge is -2.20. The predicted molar refractivity (Wildman–Crippen MR) is 105 cm³/mol. The maximum absolute atomic E-state index is 12.0. The van der Waals surface area contributed by atoms with Crippen LogP contribution in [0.2, 0.25) is 0 Å². The van der Waals surface area contributed by atoms with Crippen molar-refractivity contribution in [3.8, 4) is 0 Å². The van der Waals surface area contributed by atoms with Gasteiger partial charge in [-0.3, -0.25) is 4.98 Å². The highest BCUT2D eigenvalue weighted by Crippen LogP contribution is 2.18. The third kappa shape index (κ3) is 5.08. The Bertz CT molecular complexity index is 820. The highest BCUT2D eigenvalue weighted by atomic mass is 16.2. The van der Waals surface area contributed by atoms with Crippen LogP contribution in [-0.2, 0) is 13.1 Å². The van der Waals surface area contributed by atoms with Gasteiger partial charge in [0.05, 0.1) is 0 Å². The van der Waals surface area contributed by atoms with Crippen LogP contribution in [0.15, 0.2) is 79.1 Å². The number of pyridine rings is 1. The number of nitrogens with one attached hydrogen (secondary N) is 2. The van der Waals surface area contributed by atoms with Gasteiger partial charge >= 0.3 is 6.03 Å². The Balaban J connectivity index is 1.51. The average molecular weight is 346 g/mol. The maximum Gasteiger partial charge on any atom is 0.319 e. The molecule has 1 aromatic heterocycles. The summed E-state index contributed by atoms with van der Waals surface area (Å²) in [7, 11) is 2.05. The van der Waals surface area contributed by atoms with E-state index in [-0.39, 0.29) is 6.03 Å². The number of anilines is 2. The molecule has 26 heavy (non-hydrogen) atoms. The molecule has 0 unspecified atom stereocenters. The minimum Gasteiger partial charge on any atom is -0.370 e. The number of urea groups is 1. The van der Waals surface area contributed by atoms with Gasteiger partial charge in [0.2, 0.25) is 0 Å². The summed E-state index contributed by atoms with van der Waals surface area (Å²) in [5, 5.41) is 5.67. The van der Waals surface area contributed by atoms with Crippen LogP contribution in [0.4, 0.5) is 16.2 Å². The van der Waals surface area contributed by atoms with Gasteiger partial charge in [-0.25, -0.2) is 4.79 Å². The first kappa shape index (κ1) is 17.5. The molecule has 0 aliphatic rings. The van der Waals surface area contributed by atoms with Crippen LogP contribution in [0.1, 0.15) is 11.1 Å². The standard InChI is InChI=1S/C21H22N4O/c1-25(16-18-5-3-2-4-6-18)20-9-7-19(8-10-20)24-21(26)23-15-17-11-13-22-14-12-17/h2-14H,15-16H2,1H3,(H2,23,24,26). The van der Waals surface area contributed by atoms with E-state index >= 15 is 0 Å². The van der Waals surface area contributed by atoms with E-state index in [1.54, 1.807) is 12.4 Å². The second-order valence-corrected chi connectivity index (χ2v) is 6.05. The van der Waals surface area contributed by atoms with Crippen LogP contribution in [-0.4, -0.2) is 18.1 Å². The Morgan fingerprint density at radius 1 is 0.923 bits per heavy atom. The molecule has 5 heteroatoms. The first-order valence-electron chi connectivity index (χ1n) is 8.49. The molecular formula is C21H22N4O. The fourth-order valence-electron chi connectivity index (χ4n) is 2.61. The number of nitrogens with zero attached hydrogens (tertiary/aromatic N) is 2. The summed E-state index contributed by atoms with van der Waals surface area (Å²) < 4.78 is 0. The van der Waals surface area contributed by atoms with Gasteiger partial charge in [-0.2, -0.15) is 0 Å². The Kier molecular flexibility index (Phi) is 5.83. The fraction of sp³-hybridized carbons (Fsp3) is 0.143. The number of benzene rings is 2. The van der Waals surface area contributed by atoms with Crippen LogP contribution in [0.25, 0.3) is 0 Å². The lowest BCUT2D eigenvalue weighted by atomic mass is 10.2. The molecule has 2 aromatic carbocycles. The van der Waals surface area contributed by atoms with E-state index in [0.29, 0.717) is 6.54 Å². The first-order chi connectivity index (χ1) is 12.7. The molecule has 0 bridgehead atoms. The molecule has 0 aliphatic heterocycles. The smallest absolute Gasteiger partial charge is 0.319 e. The zero-order valence-electron chi connectivity index (χ0n) is 14.7. The van der Waals surface area contributed by atoms with Gasteiger partial charge in [0.1, 0.15) is 0 Å². The molecule has 0 atom stereocenters. The van der Waals surface area contributed by atoms with Gasteiger partial charge < -0.3 is 15.5 Å². The summed E-state index contributed by atoms with van der Waals surface area (Å²) in [6.07, 6.45) is 3.42. The average Bonchev–Trinajstić information content (AvgIpc) is 2.68. The van der Waals surface area contributed by atoms with Crippen LogP contribution in [0, 0.1) is 0 Å². The summed E-state index contributed by atoms with van der Waals surface area (Å²) in [6.45, 7) is 1.30. The van der Waals surface area contributed by atoms with Crippen LogP contribution < -0.4 is 15.5 Å². The molecule has 1 heterocycles. The van der Waals surface area contributed by atoms with Crippen molar-refractivity contribution < 1.29 is 4.79 Å². The van der Waals surface area contributed by atoms with Crippen LogP contribution >= 0.6 is 0 Å². The largest absolute Gasteiger partial charge is 0.370 e. The van der Waals surface area contributed by atoms with Gasteiger partial charge in [-0.05, 0) is 47.5 Å². The molecular weight excluding hydrogens is 324 g/mol. The monoisotopic (exact) mass is 346 g/mol. The van der Waals surface area contributed by atoms with Crippen LogP contribution in [0.3, 0.4) is 0 Å². The van der Waals surface area contributed by atoms with Crippen molar-refractivity contribution in [2.24, 2.45) is 0 Å². The van der Waals surface area contributed by atoms with Crippen LogP contribution in [0.5, 0.6) is 0 Å². The molecule has 3 aromatic rings. The van der Waals surface area contributed by atoms with E-state index in [1.165, 1.54) is 5.56 Å². The summed E-state index contributed by atoms with van der Waals surface area (Å²) >= 11 is 0. The van der Waals surface area contributed by atoms with Crippen molar-refractivity contribution in [3.05, 3.63) is 90.3 Å². The molecule has 0 saturated heterocycles. The zero-order chi connectivity index (χ0) is 18.2. The zero-order valence-corrected chi connectivity index (χ0v) is 14.7. The van der Waals surface area contributed by atoms with E-state index in [4.69, 9.17) is 0 Å². The van der Waals surface area contributed by atoms with Crippen molar-refractivity contribution in [2.75, 3.05) is 17.3 Å². The van der Waals surface area contributed by atoms with Gasteiger partial charge in [0, 0.05) is 43.9 Å². The first-order valence-corrected chi connectivity index (χ1v) is 8.49. The minimum absolute atomic E-state index is 0.229. The highest BCUT2D eigenvalue weighted by Gasteiger charge is 2.04. The molecule has 2 amide bonds. The van der Waals surface area contributed by atoms with Gasteiger partial charge in [0.25, 0.3) is 0 Å². The summed E-state index contributed by atoms with van der Waals surface area (Å²) in [5.41, 5.74) is 4.12. The number of carbonyl (C=O) groups is 1. The molecule has 0 aliphatic carbocycles. The van der Waals surface area contributed by atoms with Crippen molar-refractivity contribution in [1.29, 1.82) is 0 Å². The molecule has 132 valence electrons. The number of carbonyl (C=O) groups excluding carboxylic acids is 1. The number of hydrogen-bond donors (Lipinski definition) is 2. The Labute approximate surface area is 153 Å². The topological polar surface area (TPSA) is 57.3 Å². The number of rotatable bonds is 6. The Morgan fingerprint density at radius 3 is 2.31 bits per heavy atom. The van der Waals surface area contributed by atoms with E-state index < -0.39 is 0 Å². The second kappa shape index (κ2) is 8.67. The third-order valence-electron chi connectivity index (χ3n) is 4.03. The second-order valence-electron chi connectivity index (χ2n) is 6.05. The molecule has 0 fully saturated rings.